The lowest BCUT2D eigenvalue weighted by Gasteiger charge is -2.28. The molecule has 1 aliphatic rings. The number of aromatic nitrogens is 1. The van der Waals surface area contributed by atoms with Crippen molar-refractivity contribution in [3.05, 3.63) is 24.4 Å². The van der Waals surface area contributed by atoms with Crippen molar-refractivity contribution in [1.82, 2.24) is 9.88 Å². The Kier molecular flexibility index (Phi) is 4.47. The number of pyridine rings is 1. The van der Waals surface area contributed by atoms with Crippen molar-refractivity contribution in [1.29, 1.82) is 0 Å². The molecule has 0 spiro atoms. The zero-order chi connectivity index (χ0) is 14.6. The summed E-state index contributed by atoms with van der Waals surface area (Å²) in [4.78, 5) is 18.0. The molecule has 110 valence electrons. The van der Waals surface area contributed by atoms with Crippen molar-refractivity contribution in [3.8, 4) is 5.88 Å². The van der Waals surface area contributed by atoms with Gasteiger partial charge < -0.3 is 14.4 Å². The Morgan fingerprint density at radius 2 is 2.25 bits per heavy atom. The Morgan fingerprint density at radius 3 is 2.90 bits per heavy atom. The first kappa shape index (κ1) is 14.6. The number of hydrogen-bond acceptors (Lipinski definition) is 4. The van der Waals surface area contributed by atoms with E-state index in [1.165, 1.54) is 0 Å². The predicted molar refractivity (Wildman–Crippen MR) is 75.7 cm³/mol. The quantitative estimate of drug-likeness (QED) is 0.853. The summed E-state index contributed by atoms with van der Waals surface area (Å²) in [5.74, 6) is 0.587. The van der Waals surface area contributed by atoms with Crippen LogP contribution >= 0.6 is 0 Å². The standard InChI is InChI=1S/C15H22N2O3/c1-15(2,3)20-14(18)17-10-6-7-12(17)11-19-13-8-4-5-9-16-13/h4-5,8-9,12H,6-7,10-11H2,1-3H3/t12-/m0/s1. The summed E-state index contributed by atoms with van der Waals surface area (Å²) in [5, 5.41) is 0. The number of likely N-dealkylation sites (tertiary alicyclic amines) is 1. The Bertz CT molecular complexity index is 442. The number of amides is 1. The fourth-order valence-corrected chi connectivity index (χ4v) is 2.18. The van der Waals surface area contributed by atoms with Crippen LogP contribution in [0.3, 0.4) is 0 Å². The highest BCUT2D eigenvalue weighted by Crippen LogP contribution is 2.21. The highest BCUT2D eigenvalue weighted by atomic mass is 16.6. The number of hydrogen-bond donors (Lipinski definition) is 0. The minimum Gasteiger partial charge on any atom is -0.475 e. The molecule has 1 fully saturated rings. The molecule has 0 unspecified atom stereocenters. The van der Waals surface area contributed by atoms with Crippen molar-refractivity contribution in [3.63, 3.8) is 0 Å². The third-order valence-corrected chi connectivity index (χ3v) is 3.07. The van der Waals surface area contributed by atoms with Crippen molar-refractivity contribution >= 4 is 6.09 Å². The highest BCUT2D eigenvalue weighted by molar-refractivity contribution is 5.68. The molecule has 5 heteroatoms. The van der Waals surface area contributed by atoms with E-state index in [2.05, 4.69) is 4.98 Å². The van der Waals surface area contributed by atoms with E-state index in [0.717, 1.165) is 19.4 Å². The van der Waals surface area contributed by atoms with Gasteiger partial charge >= 0.3 is 6.09 Å². The van der Waals surface area contributed by atoms with Crippen LogP contribution in [0.15, 0.2) is 24.4 Å². The molecule has 20 heavy (non-hydrogen) atoms. The summed E-state index contributed by atoms with van der Waals surface area (Å²) in [6.07, 6.45) is 3.35. The summed E-state index contributed by atoms with van der Waals surface area (Å²) in [6.45, 7) is 6.81. The number of ether oxygens (including phenoxy) is 2. The Morgan fingerprint density at radius 1 is 1.45 bits per heavy atom. The molecule has 1 saturated heterocycles. The van der Waals surface area contributed by atoms with E-state index in [-0.39, 0.29) is 12.1 Å². The van der Waals surface area contributed by atoms with Gasteiger partial charge in [0.1, 0.15) is 12.2 Å². The molecular weight excluding hydrogens is 256 g/mol. The van der Waals surface area contributed by atoms with Gasteiger partial charge in [-0.15, -0.1) is 0 Å². The van der Waals surface area contributed by atoms with Crippen molar-refractivity contribution < 1.29 is 14.3 Å². The van der Waals surface area contributed by atoms with Gasteiger partial charge in [-0.3, -0.25) is 0 Å². The summed E-state index contributed by atoms with van der Waals surface area (Å²) >= 11 is 0. The first-order chi connectivity index (χ1) is 9.46. The lowest BCUT2D eigenvalue weighted by Crippen LogP contribution is -2.42. The second-order valence-corrected chi connectivity index (χ2v) is 5.95. The summed E-state index contributed by atoms with van der Waals surface area (Å²) in [6, 6.07) is 5.59. The van der Waals surface area contributed by atoms with Crippen LogP contribution in [0.1, 0.15) is 33.6 Å². The molecule has 2 rings (SSSR count). The molecule has 0 N–H and O–H groups in total. The van der Waals surface area contributed by atoms with Gasteiger partial charge in [-0.25, -0.2) is 9.78 Å². The summed E-state index contributed by atoms with van der Waals surface area (Å²) in [5.41, 5.74) is -0.466. The average Bonchev–Trinajstić information content (AvgIpc) is 2.84. The molecular formula is C15H22N2O3. The molecule has 0 bridgehead atoms. The second-order valence-electron chi connectivity index (χ2n) is 5.95. The van der Waals surface area contributed by atoms with Crippen LogP contribution < -0.4 is 4.74 Å². The maximum atomic E-state index is 12.1. The monoisotopic (exact) mass is 278 g/mol. The van der Waals surface area contributed by atoms with Crippen LogP contribution in [-0.2, 0) is 4.74 Å². The SMILES string of the molecule is CC(C)(C)OC(=O)N1CCC[C@H]1COc1ccccn1. The maximum absolute atomic E-state index is 12.1. The first-order valence-electron chi connectivity index (χ1n) is 6.99. The van der Waals surface area contributed by atoms with Crippen molar-refractivity contribution in [2.75, 3.05) is 13.2 Å². The number of carbonyl (C=O) groups is 1. The third kappa shape index (κ3) is 4.11. The largest absolute Gasteiger partial charge is 0.475 e. The first-order valence-corrected chi connectivity index (χ1v) is 6.99. The minimum absolute atomic E-state index is 0.0619. The van der Waals surface area contributed by atoms with E-state index in [4.69, 9.17) is 9.47 Å². The zero-order valence-corrected chi connectivity index (χ0v) is 12.3. The van der Waals surface area contributed by atoms with E-state index >= 15 is 0 Å². The minimum atomic E-state index is -0.466. The van der Waals surface area contributed by atoms with Crippen LogP contribution in [0.2, 0.25) is 0 Å². The van der Waals surface area contributed by atoms with Crippen LogP contribution in [0.25, 0.3) is 0 Å². The molecule has 1 atom stereocenters. The van der Waals surface area contributed by atoms with E-state index in [1.54, 1.807) is 11.1 Å². The number of rotatable bonds is 3. The van der Waals surface area contributed by atoms with Crippen molar-refractivity contribution in [2.45, 2.75) is 45.3 Å². The molecule has 0 aliphatic carbocycles. The van der Waals surface area contributed by atoms with Crippen LogP contribution in [0, 0.1) is 0 Å². The Balaban J connectivity index is 1.89. The molecule has 1 amide bonds. The molecule has 5 nitrogen and oxygen atoms in total. The van der Waals surface area contributed by atoms with E-state index in [9.17, 15) is 4.79 Å². The third-order valence-electron chi connectivity index (χ3n) is 3.07. The van der Waals surface area contributed by atoms with Crippen LogP contribution in [-0.4, -0.2) is 40.8 Å². The van der Waals surface area contributed by atoms with Gasteiger partial charge in [0.05, 0.1) is 6.04 Å². The van der Waals surface area contributed by atoms with E-state index < -0.39 is 5.60 Å². The average molecular weight is 278 g/mol. The molecule has 0 radical (unpaired) electrons. The van der Waals surface area contributed by atoms with Gasteiger partial charge in [-0.1, -0.05) is 6.07 Å². The van der Waals surface area contributed by atoms with Gasteiger partial charge in [0, 0.05) is 18.8 Å². The normalized spacial score (nSPS) is 18.9. The Hall–Kier alpha value is -1.78. The van der Waals surface area contributed by atoms with E-state index in [1.807, 2.05) is 39.0 Å². The van der Waals surface area contributed by atoms with Gasteiger partial charge in [0.15, 0.2) is 0 Å². The second kappa shape index (κ2) is 6.11. The van der Waals surface area contributed by atoms with Gasteiger partial charge in [-0.2, -0.15) is 0 Å². The zero-order valence-electron chi connectivity index (χ0n) is 12.3. The van der Waals surface area contributed by atoms with E-state index in [0.29, 0.717) is 12.5 Å². The molecule has 2 heterocycles. The predicted octanol–water partition coefficient (Wildman–Crippen LogP) is 2.86. The van der Waals surface area contributed by atoms with Gasteiger partial charge in [-0.05, 0) is 39.7 Å². The Labute approximate surface area is 119 Å². The van der Waals surface area contributed by atoms with Crippen LogP contribution in [0.4, 0.5) is 4.79 Å². The highest BCUT2D eigenvalue weighted by Gasteiger charge is 2.32. The fraction of sp³-hybridized carbons (Fsp3) is 0.600. The van der Waals surface area contributed by atoms with Crippen molar-refractivity contribution in [2.24, 2.45) is 0 Å². The molecule has 0 aromatic carbocycles. The molecule has 1 aliphatic heterocycles. The lowest BCUT2D eigenvalue weighted by molar-refractivity contribution is 0.0186. The number of nitrogens with zero attached hydrogens (tertiary/aromatic N) is 2. The molecule has 1 aromatic rings. The number of carbonyl (C=O) groups excluding carboxylic acids is 1. The fourth-order valence-electron chi connectivity index (χ4n) is 2.18. The molecule has 0 saturated carbocycles. The maximum Gasteiger partial charge on any atom is 0.410 e. The smallest absolute Gasteiger partial charge is 0.410 e. The van der Waals surface area contributed by atoms with Gasteiger partial charge in [0.2, 0.25) is 5.88 Å². The molecule has 1 aromatic heterocycles. The summed E-state index contributed by atoms with van der Waals surface area (Å²) in [7, 11) is 0. The topological polar surface area (TPSA) is 51.7 Å². The lowest BCUT2D eigenvalue weighted by atomic mass is 10.2. The van der Waals surface area contributed by atoms with Crippen LogP contribution in [0.5, 0.6) is 5.88 Å². The summed E-state index contributed by atoms with van der Waals surface area (Å²) < 4.78 is 11.1. The van der Waals surface area contributed by atoms with Gasteiger partial charge in [0.25, 0.3) is 0 Å².